The largest absolute Gasteiger partial charge is 0.353 e. The van der Waals surface area contributed by atoms with Crippen LogP contribution in [0.3, 0.4) is 0 Å². The van der Waals surface area contributed by atoms with Crippen molar-refractivity contribution in [3.63, 3.8) is 0 Å². The summed E-state index contributed by atoms with van der Waals surface area (Å²) in [6.07, 6.45) is 1.13. The number of carbonyl (C=O) groups excluding carboxylic acids is 1. The third kappa shape index (κ3) is 2.07. The van der Waals surface area contributed by atoms with Crippen molar-refractivity contribution in [2.24, 2.45) is 5.92 Å². The van der Waals surface area contributed by atoms with Gasteiger partial charge in [0.2, 0.25) is 5.91 Å². The van der Waals surface area contributed by atoms with Crippen LogP contribution in [-0.4, -0.2) is 18.5 Å². The van der Waals surface area contributed by atoms with Crippen molar-refractivity contribution in [1.29, 1.82) is 0 Å². The van der Waals surface area contributed by atoms with E-state index in [9.17, 15) is 4.79 Å². The summed E-state index contributed by atoms with van der Waals surface area (Å²) in [6, 6.07) is 8.64. The topological polar surface area (TPSA) is 41.1 Å². The van der Waals surface area contributed by atoms with Crippen molar-refractivity contribution in [1.82, 2.24) is 10.6 Å². The van der Waals surface area contributed by atoms with Gasteiger partial charge in [-0.15, -0.1) is 0 Å². The van der Waals surface area contributed by atoms with Gasteiger partial charge in [0.25, 0.3) is 0 Å². The molecule has 1 aromatic rings. The summed E-state index contributed by atoms with van der Waals surface area (Å²) in [6.45, 7) is 3.81. The molecule has 3 nitrogen and oxygen atoms in total. The third-order valence-corrected chi connectivity index (χ3v) is 3.85. The summed E-state index contributed by atoms with van der Waals surface area (Å²) in [5.41, 5.74) is 2.44. The fourth-order valence-electron chi connectivity index (χ4n) is 2.54. The maximum atomic E-state index is 12.2. The van der Waals surface area contributed by atoms with E-state index in [1.807, 2.05) is 12.1 Å². The Bertz CT molecular complexity index is 444. The van der Waals surface area contributed by atoms with E-state index in [4.69, 9.17) is 0 Å². The molecule has 0 aromatic heterocycles. The second-order valence-electron chi connectivity index (χ2n) is 5.21. The first-order valence-electron chi connectivity index (χ1n) is 6.34. The van der Waals surface area contributed by atoms with Crippen molar-refractivity contribution in [3.05, 3.63) is 35.4 Å². The number of fused-ring (bicyclic) bond motifs is 1. The van der Waals surface area contributed by atoms with Crippen molar-refractivity contribution in [2.45, 2.75) is 31.8 Å². The van der Waals surface area contributed by atoms with E-state index in [1.165, 1.54) is 11.1 Å². The van der Waals surface area contributed by atoms with Crippen LogP contribution in [0.2, 0.25) is 0 Å². The summed E-state index contributed by atoms with van der Waals surface area (Å²) in [4.78, 5) is 12.2. The quantitative estimate of drug-likeness (QED) is 0.806. The second kappa shape index (κ2) is 4.15. The summed E-state index contributed by atoms with van der Waals surface area (Å²) >= 11 is 0. The van der Waals surface area contributed by atoms with Crippen LogP contribution in [0, 0.1) is 5.92 Å². The number of hydrogen-bond acceptors (Lipinski definition) is 2. The first-order chi connectivity index (χ1) is 8.25. The molecule has 3 unspecified atom stereocenters. The van der Waals surface area contributed by atoms with E-state index < -0.39 is 0 Å². The molecule has 0 radical (unpaired) electrons. The standard InChI is InChI=1S/C14H18N2O/c1-9-6-13(9)16-14(17)12-8-15-7-10-4-2-3-5-11(10)12/h2-5,9,12-13,15H,6-8H2,1H3,(H,16,17). The lowest BCUT2D eigenvalue weighted by Crippen LogP contribution is -2.40. The lowest BCUT2D eigenvalue weighted by atomic mass is 9.90. The predicted molar refractivity (Wildman–Crippen MR) is 66.6 cm³/mol. The molecule has 1 aliphatic heterocycles. The maximum absolute atomic E-state index is 12.2. The van der Waals surface area contributed by atoms with Gasteiger partial charge < -0.3 is 10.6 Å². The van der Waals surface area contributed by atoms with Crippen molar-refractivity contribution < 1.29 is 4.79 Å². The minimum absolute atomic E-state index is 0.0206. The molecule has 17 heavy (non-hydrogen) atoms. The Morgan fingerprint density at radius 2 is 2.18 bits per heavy atom. The highest BCUT2D eigenvalue weighted by Crippen LogP contribution is 2.31. The molecule has 1 aromatic carbocycles. The SMILES string of the molecule is CC1CC1NC(=O)C1CNCc2ccccc21. The number of amides is 1. The van der Waals surface area contributed by atoms with Gasteiger partial charge in [-0.05, 0) is 23.5 Å². The van der Waals surface area contributed by atoms with Gasteiger partial charge >= 0.3 is 0 Å². The van der Waals surface area contributed by atoms with Crippen LogP contribution >= 0.6 is 0 Å². The number of benzene rings is 1. The van der Waals surface area contributed by atoms with E-state index >= 15 is 0 Å². The van der Waals surface area contributed by atoms with Crippen LogP contribution in [-0.2, 0) is 11.3 Å². The van der Waals surface area contributed by atoms with Crippen LogP contribution in [0.4, 0.5) is 0 Å². The predicted octanol–water partition coefficient (Wildman–Crippen LogP) is 1.40. The molecule has 0 saturated heterocycles. The van der Waals surface area contributed by atoms with E-state index in [0.717, 1.165) is 19.5 Å². The number of nitrogens with one attached hydrogen (secondary N) is 2. The van der Waals surface area contributed by atoms with E-state index in [2.05, 4.69) is 29.7 Å². The second-order valence-corrected chi connectivity index (χ2v) is 5.21. The Kier molecular flexibility index (Phi) is 2.63. The Morgan fingerprint density at radius 3 is 2.94 bits per heavy atom. The fraction of sp³-hybridized carbons (Fsp3) is 0.500. The molecule has 1 saturated carbocycles. The van der Waals surface area contributed by atoms with Gasteiger partial charge in [0.15, 0.2) is 0 Å². The Balaban J connectivity index is 1.77. The van der Waals surface area contributed by atoms with Gasteiger partial charge in [0.1, 0.15) is 0 Å². The molecule has 2 N–H and O–H groups in total. The minimum atomic E-state index is -0.0206. The lowest BCUT2D eigenvalue weighted by Gasteiger charge is -2.25. The highest BCUT2D eigenvalue weighted by Gasteiger charge is 2.36. The molecule has 1 heterocycles. The van der Waals surface area contributed by atoms with Gasteiger partial charge in [-0.3, -0.25) is 4.79 Å². The van der Waals surface area contributed by atoms with E-state index in [1.54, 1.807) is 0 Å². The Hall–Kier alpha value is -1.35. The number of rotatable bonds is 2. The van der Waals surface area contributed by atoms with Crippen molar-refractivity contribution in [2.75, 3.05) is 6.54 Å². The molecule has 1 fully saturated rings. The van der Waals surface area contributed by atoms with Crippen LogP contribution in [0.15, 0.2) is 24.3 Å². The van der Waals surface area contributed by atoms with Gasteiger partial charge in [-0.1, -0.05) is 31.2 Å². The zero-order chi connectivity index (χ0) is 11.8. The zero-order valence-electron chi connectivity index (χ0n) is 10.1. The summed E-state index contributed by atoms with van der Waals surface area (Å²) in [7, 11) is 0. The molecular weight excluding hydrogens is 212 g/mol. The Morgan fingerprint density at radius 1 is 1.41 bits per heavy atom. The zero-order valence-corrected chi connectivity index (χ0v) is 10.1. The summed E-state index contributed by atoms with van der Waals surface area (Å²) in [5, 5.41) is 6.45. The normalized spacial score (nSPS) is 30.5. The van der Waals surface area contributed by atoms with Crippen LogP contribution in [0.1, 0.15) is 30.4 Å². The van der Waals surface area contributed by atoms with Gasteiger partial charge in [-0.25, -0.2) is 0 Å². The first kappa shape index (κ1) is 10.8. The molecule has 3 rings (SSSR count). The first-order valence-corrected chi connectivity index (χ1v) is 6.34. The van der Waals surface area contributed by atoms with E-state index in [0.29, 0.717) is 12.0 Å². The maximum Gasteiger partial charge on any atom is 0.229 e. The molecule has 1 aliphatic carbocycles. The smallest absolute Gasteiger partial charge is 0.229 e. The monoisotopic (exact) mass is 230 g/mol. The average molecular weight is 230 g/mol. The molecule has 3 atom stereocenters. The highest BCUT2D eigenvalue weighted by atomic mass is 16.2. The number of hydrogen-bond donors (Lipinski definition) is 2. The molecule has 2 aliphatic rings. The minimum Gasteiger partial charge on any atom is -0.353 e. The van der Waals surface area contributed by atoms with Gasteiger partial charge in [0.05, 0.1) is 5.92 Å². The lowest BCUT2D eigenvalue weighted by molar-refractivity contribution is -0.122. The van der Waals surface area contributed by atoms with Crippen molar-refractivity contribution >= 4 is 5.91 Å². The van der Waals surface area contributed by atoms with Crippen LogP contribution < -0.4 is 10.6 Å². The third-order valence-electron chi connectivity index (χ3n) is 3.85. The van der Waals surface area contributed by atoms with Crippen molar-refractivity contribution in [3.8, 4) is 0 Å². The molecule has 3 heteroatoms. The molecular formula is C14H18N2O. The summed E-state index contributed by atoms with van der Waals surface area (Å²) < 4.78 is 0. The highest BCUT2D eigenvalue weighted by molar-refractivity contribution is 5.85. The molecule has 0 bridgehead atoms. The van der Waals surface area contributed by atoms with Crippen LogP contribution in [0.5, 0.6) is 0 Å². The molecule has 0 spiro atoms. The Labute approximate surface area is 102 Å². The van der Waals surface area contributed by atoms with Gasteiger partial charge in [-0.2, -0.15) is 0 Å². The van der Waals surface area contributed by atoms with Gasteiger partial charge in [0, 0.05) is 19.1 Å². The van der Waals surface area contributed by atoms with E-state index in [-0.39, 0.29) is 11.8 Å². The average Bonchev–Trinajstić information content (AvgIpc) is 3.04. The summed E-state index contributed by atoms with van der Waals surface area (Å²) in [5.74, 6) is 0.817. The molecule has 90 valence electrons. The number of carbonyl (C=O) groups is 1. The molecule has 1 amide bonds. The fourth-order valence-corrected chi connectivity index (χ4v) is 2.54. The van der Waals surface area contributed by atoms with Crippen LogP contribution in [0.25, 0.3) is 0 Å².